The molecule has 0 aromatic carbocycles. The van der Waals surface area contributed by atoms with Gasteiger partial charge in [0.15, 0.2) is 0 Å². The molecule has 1 fully saturated rings. The van der Waals surface area contributed by atoms with Gasteiger partial charge in [-0.05, 0) is 19.3 Å². The number of fused-ring (bicyclic) bond motifs is 1. The van der Waals surface area contributed by atoms with Crippen molar-refractivity contribution in [1.29, 1.82) is 0 Å². The molecule has 0 spiro atoms. The fourth-order valence-electron chi connectivity index (χ4n) is 3.09. The predicted octanol–water partition coefficient (Wildman–Crippen LogP) is 0.815. The molecule has 5 nitrogen and oxygen atoms in total. The summed E-state index contributed by atoms with van der Waals surface area (Å²) in [6.07, 6.45) is 1.93. The summed E-state index contributed by atoms with van der Waals surface area (Å²) in [5.41, 5.74) is 1.98. The van der Waals surface area contributed by atoms with E-state index in [0.29, 0.717) is 12.0 Å². The first-order valence-electron chi connectivity index (χ1n) is 6.68. The first-order valence-corrected chi connectivity index (χ1v) is 6.68. The molecular weight excluding hydrogens is 228 g/mol. The third kappa shape index (κ3) is 1.78. The van der Waals surface area contributed by atoms with Gasteiger partial charge in [0.1, 0.15) is 12.1 Å². The molecule has 1 saturated heterocycles. The van der Waals surface area contributed by atoms with Gasteiger partial charge in [-0.3, -0.25) is 0 Å². The zero-order valence-electron chi connectivity index (χ0n) is 10.9. The van der Waals surface area contributed by atoms with Crippen molar-refractivity contribution in [1.82, 2.24) is 15.3 Å². The summed E-state index contributed by atoms with van der Waals surface area (Å²) in [5.74, 6) is 1.37. The molecule has 18 heavy (non-hydrogen) atoms. The molecule has 2 aliphatic rings. The number of aliphatic hydroxyl groups is 1. The molecule has 1 aliphatic heterocycles. The van der Waals surface area contributed by atoms with Crippen LogP contribution in [0.2, 0.25) is 0 Å². The zero-order valence-corrected chi connectivity index (χ0v) is 10.9. The molecule has 1 aromatic rings. The van der Waals surface area contributed by atoms with Gasteiger partial charge in [-0.15, -0.1) is 0 Å². The zero-order chi connectivity index (χ0) is 12.7. The van der Waals surface area contributed by atoms with Crippen LogP contribution in [0.5, 0.6) is 0 Å². The summed E-state index contributed by atoms with van der Waals surface area (Å²) in [4.78, 5) is 11.1. The van der Waals surface area contributed by atoms with E-state index in [9.17, 15) is 5.11 Å². The van der Waals surface area contributed by atoms with E-state index in [2.05, 4.69) is 34.0 Å². The lowest BCUT2D eigenvalue weighted by Crippen LogP contribution is -2.50. The van der Waals surface area contributed by atoms with Crippen molar-refractivity contribution < 1.29 is 5.11 Å². The van der Waals surface area contributed by atoms with Crippen LogP contribution in [0.4, 0.5) is 5.82 Å². The maximum Gasteiger partial charge on any atom is 0.136 e. The van der Waals surface area contributed by atoms with E-state index < -0.39 is 6.10 Å². The quantitative estimate of drug-likeness (QED) is 0.770. The van der Waals surface area contributed by atoms with Gasteiger partial charge in [-0.1, -0.05) is 6.92 Å². The van der Waals surface area contributed by atoms with E-state index >= 15 is 0 Å². The minimum Gasteiger partial charge on any atom is -0.387 e. The maximum atomic E-state index is 10.0. The Hall–Kier alpha value is -1.20. The van der Waals surface area contributed by atoms with Gasteiger partial charge in [0.05, 0.1) is 11.8 Å². The largest absolute Gasteiger partial charge is 0.387 e. The molecule has 0 saturated carbocycles. The third-order valence-corrected chi connectivity index (χ3v) is 4.05. The Balaban J connectivity index is 2.02. The van der Waals surface area contributed by atoms with Crippen LogP contribution in [0, 0.1) is 0 Å². The minimum absolute atomic E-state index is 0.341. The molecule has 1 aliphatic carbocycles. The van der Waals surface area contributed by atoms with Crippen molar-refractivity contribution in [2.75, 3.05) is 24.5 Å². The fraction of sp³-hybridized carbons (Fsp3) is 0.692. The summed E-state index contributed by atoms with van der Waals surface area (Å²) >= 11 is 0. The molecule has 0 amide bonds. The van der Waals surface area contributed by atoms with E-state index in [1.165, 1.54) is 0 Å². The molecule has 0 unspecified atom stereocenters. The predicted molar refractivity (Wildman–Crippen MR) is 69.7 cm³/mol. The van der Waals surface area contributed by atoms with Crippen molar-refractivity contribution in [2.24, 2.45) is 0 Å². The van der Waals surface area contributed by atoms with Crippen LogP contribution in [0.15, 0.2) is 6.33 Å². The molecule has 1 aromatic heterocycles. The SMILES string of the molecule is C[C@@H]1C[C@@H](O)c2ncnc(N3CCNC[C@@H]3C)c21. The third-order valence-electron chi connectivity index (χ3n) is 4.05. The number of aromatic nitrogens is 2. The number of nitrogens with one attached hydrogen (secondary N) is 1. The van der Waals surface area contributed by atoms with Crippen LogP contribution in [-0.2, 0) is 0 Å². The van der Waals surface area contributed by atoms with Gasteiger partial charge < -0.3 is 15.3 Å². The minimum atomic E-state index is -0.421. The number of piperazine rings is 1. The van der Waals surface area contributed by atoms with Crippen molar-refractivity contribution in [2.45, 2.75) is 38.3 Å². The average Bonchev–Trinajstić information content (AvgIpc) is 2.66. The summed E-state index contributed by atoms with van der Waals surface area (Å²) in [6, 6.07) is 0.433. The lowest BCUT2D eigenvalue weighted by atomic mass is 10.0. The highest BCUT2D eigenvalue weighted by molar-refractivity contribution is 5.54. The van der Waals surface area contributed by atoms with Crippen LogP contribution < -0.4 is 10.2 Å². The Labute approximate surface area is 107 Å². The van der Waals surface area contributed by atoms with Gasteiger partial charge in [-0.25, -0.2) is 9.97 Å². The second-order valence-electron chi connectivity index (χ2n) is 5.40. The van der Waals surface area contributed by atoms with E-state index in [1.54, 1.807) is 6.33 Å². The van der Waals surface area contributed by atoms with Gasteiger partial charge in [0.25, 0.3) is 0 Å². The fourth-order valence-corrected chi connectivity index (χ4v) is 3.09. The number of aliphatic hydroxyl groups excluding tert-OH is 1. The van der Waals surface area contributed by atoms with Gasteiger partial charge in [-0.2, -0.15) is 0 Å². The average molecular weight is 248 g/mol. The summed E-state index contributed by atoms with van der Waals surface area (Å²) in [5, 5.41) is 13.4. The Morgan fingerprint density at radius 3 is 3.00 bits per heavy atom. The Morgan fingerprint density at radius 1 is 1.39 bits per heavy atom. The summed E-state index contributed by atoms with van der Waals surface area (Å²) in [6.45, 7) is 7.29. The normalized spacial score (nSPS) is 31.5. The molecular formula is C13H20N4O. The highest BCUT2D eigenvalue weighted by atomic mass is 16.3. The topological polar surface area (TPSA) is 61.3 Å². The smallest absolute Gasteiger partial charge is 0.136 e. The van der Waals surface area contributed by atoms with Crippen molar-refractivity contribution in [3.8, 4) is 0 Å². The second-order valence-corrected chi connectivity index (χ2v) is 5.40. The molecule has 2 heterocycles. The summed E-state index contributed by atoms with van der Waals surface area (Å²) in [7, 11) is 0. The Bertz CT molecular complexity index is 451. The highest BCUT2D eigenvalue weighted by Crippen LogP contribution is 2.43. The van der Waals surface area contributed by atoms with Crippen LogP contribution in [0.25, 0.3) is 0 Å². The molecule has 3 atom stereocenters. The molecule has 98 valence electrons. The second kappa shape index (κ2) is 4.48. The van der Waals surface area contributed by atoms with Gasteiger partial charge in [0, 0.05) is 31.2 Å². The van der Waals surface area contributed by atoms with E-state index in [-0.39, 0.29) is 0 Å². The van der Waals surface area contributed by atoms with E-state index in [4.69, 9.17) is 0 Å². The van der Waals surface area contributed by atoms with Crippen molar-refractivity contribution >= 4 is 5.82 Å². The number of anilines is 1. The van der Waals surface area contributed by atoms with Crippen LogP contribution in [0.3, 0.4) is 0 Å². The highest BCUT2D eigenvalue weighted by Gasteiger charge is 2.34. The lowest BCUT2D eigenvalue weighted by molar-refractivity contribution is 0.170. The molecule has 0 bridgehead atoms. The Kier molecular flexibility index (Phi) is 2.95. The number of hydrogen-bond acceptors (Lipinski definition) is 5. The first kappa shape index (κ1) is 11.9. The molecule has 3 rings (SSSR count). The van der Waals surface area contributed by atoms with E-state index in [1.807, 2.05) is 0 Å². The van der Waals surface area contributed by atoms with Crippen molar-refractivity contribution in [3.63, 3.8) is 0 Å². The first-order chi connectivity index (χ1) is 8.68. The standard InChI is InChI=1S/C13H20N4O/c1-8-5-10(18)12-11(8)13(16-7-15-12)17-4-3-14-6-9(17)2/h7-10,14,18H,3-6H2,1-2H3/t8-,9+,10-/m1/s1. The summed E-state index contributed by atoms with van der Waals surface area (Å²) < 4.78 is 0. The molecule has 2 N–H and O–H groups in total. The van der Waals surface area contributed by atoms with E-state index in [0.717, 1.165) is 43.1 Å². The Morgan fingerprint density at radius 2 is 2.22 bits per heavy atom. The van der Waals surface area contributed by atoms with Gasteiger partial charge >= 0.3 is 0 Å². The molecule has 0 radical (unpaired) electrons. The number of rotatable bonds is 1. The lowest BCUT2D eigenvalue weighted by Gasteiger charge is -2.36. The van der Waals surface area contributed by atoms with Crippen molar-refractivity contribution in [3.05, 3.63) is 17.6 Å². The number of nitrogens with zero attached hydrogens (tertiary/aromatic N) is 3. The molecule has 5 heteroatoms. The number of hydrogen-bond donors (Lipinski definition) is 2. The van der Waals surface area contributed by atoms with Crippen LogP contribution in [-0.4, -0.2) is 40.8 Å². The van der Waals surface area contributed by atoms with Crippen LogP contribution >= 0.6 is 0 Å². The maximum absolute atomic E-state index is 10.0. The van der Waals surface area contributed by atoms with Gasteiger partial charge in [0.2, 0.25) is 0 Å². The van der Waals surface area contributed by atoms with Crippen LogP contribution in [0.1, 0.15) is 43.5 Å². The monoisotopic (exact) mass is 248 g/mol.